The van der Waals surface area contributed by atoms with Crippen LogP contribution in [-0.2, 0) is 5.41 Å². The summed E-state index contributed by atoms with van der Waals surface area (Å²) in [5.74, 6) is 0.972. The standard InChI is InChI=1S/C20H23BrO3/c1-5-12-23-16-9-6-14(7-10-16)19(22)24-18-11-8-15(21)13-17(18)20(2,3)4/h6-11,13H,5,12H2,1-4H3. The molecular formula is C20H23BrO3. The molecule has 24 heavy (non-hydrogen) atoms. The highest BCUT2D eigenvalue weighted by Crippen LogP contribution is 2.34. The van der Waals surface area contributed by atoms with Crippen LogP contribution in [0.25, 0.3) is 0 Å². The maximum Gasteiger partial charge on any atom is 0.343 e. The van der Waals surface area contributed by atoms with Crippen LogP contribution in [0.2, 0.25) is 0 Å². The monoisotopic (exact) mass is 390 g/mol. The molecule has 0 bridgehead atoms. The van der Waals surface area contributed by atoms with E-state index in [9.17, 15) is 4.79 Å². The topological polar surface area (TPSA) is 35.5 Å². The molecule has 0 amide bonds. The summed E-state index contributed by atoms with van der Waals surface area (Å²) < 4.78 is 12.1. The van der Waals surface area contributed by atoms with Crippen LogP contribution in [0, 0.1) is 0 Å². The maximum atomic E-state index is 12.4. The van der Waals surface area contributed by atoms with Crippen molar-refractivity contribution >= 4 is 21.9 Å². The molecule has 2 rings (SSSR count). The van der Waals surface area contributed by atoms with Crippen LogP contribution in [0.1, 0.15) is 50.0 Å². The average molecular weight is 391 g/mol. The van der Waals surface area contributed by atoms with Gasteiger partial charge in [0, 0.05) is 10.0 Å². The van der Waals surface area contributed by atoms with Gasteiger partial charge in [-0.05, 0) is 54.3 Å². The SMILES string of the molecule is CCCOc1ccc(C(=O)Oc2ccc(Br)cc2C(C)(C)C)cc1. The van der Waals surface area contributed by atoms with Crippen molar-refractivity contribution < 1.29 is 14.3 Å². The van der Waals surface area contributed by atoms with Gasteiger partial charge in [0.15, 0.2) is 0 Å². The van der Waals surface area contributed by atoms with E-state index < -0.39 is 0 Å². The summed E-state index contributed by atoms with van der Waals surface area (Å²) in [6.45, 7) is 8.98. The van der Waals surface area contributed by atoms with Crippen LogP contribution in [0.3, 0.4) is 0 Å². The number of carbonyl (C=O) groups is 1. The van der Waals surface area contributed by atoms with E-state index in [4.69, 9.17) is 9.47 Å². The Kier molecular flexibility index (Phi) is 6.05. The molecule has 0 radical (unpaired) electrons. The molecule has 128 valence electrons. The first-order valence-corrected chi connectivity index (χ1v) is 8.85. The Labute approximate surface area is 152 Å². The summed E-state index contributed by atoms with van der Waals surface area (Å²) in [5, 5.41) is 0. The highest BCUT2D eigenvalue weighted by molar-refractivity contribution is 9.10. The molecule has 0 atom stereocenters. The molecule has 0 aliphatic heterocycles. The zero-order valence-electron chi connectivity index (χ0n) is 14.6. The van der Waals surface area contributed by atoms with Crippen LogP contribution < -0.4 is 9.47 Å². The molecule has 0 aromatic heterocycles. The Hall–Kier alpha value is -1.81. The first-order chi connectivity index (χ1) is 11.3. The molecule has 0 saturated heterocycles. The number of rotatable bonds is 5. The van der Waals surface area contributed by atoms with E-state index >= 15 is 0 Å². The molecule has 2 aromatic rings. The predicted octanol–water partition coefficient (Wildman–Crippen LogP) is 5.75. The normalized spacial score (nSPS) is 11.2. The van der Waals surface area contributed by atoms with Gasteiger partial charge in [0.25, 0.3) is 0 Å². The molecular weight excluding hydrogens is 368 g/mol. The van der Waals surface area contributed by atoms with Crippen molar-refractivity contribution in [1.82, 2.24) is 0 Å². The molecule has 0 aliphatic rings. The van der Waals surface area contributed by atoms with Crippen LogP contribution in [0.5, 0.6) is 11.5 Å². The number of esters is 1. The van der Waals surface area contributed by atoms with Crippen LogP contribution >= 0.6 is 15.9 Å². The first kappa shape index (κ1) is 18.5. The number of ether oxygens (including phenoxy) is 2. The minimum Gasteiger partial charge on any atom is -0.494 e. The Morgan fingerprint density at radius 3 is 2.33 bits per heavy atom. The summed E-state index contributed by atoms with van der Waals surface area (Å²) in [5.41, 5.74) is 1.35. The van der Waals surface area contributed by atoms with Crippen molar-refractivity contribution in [3.05, 3.63) is 58.1 Å². The third kappa shape index (κ3) is 4.84. The fourth-order valence-corrected chi connectivity index (χ4v) is 2.60. The van der Waals surface area contributed by atoms with E-state index in [1.165, 1.54) is 0 Å². The fraction of sp³-hybridized carbons (Fsp3) is 0.350. The van der Waals surface area contributed by atoms with Gasteiger partial charge in [-0.25, -0.2) is 4.79 Å². The van der Waals surface area contributed by atoms with E-state index in [2.05, 4.69) is 43.6 Å². The molecule has 0 saturated carbocycles. The zero-order valence-corrected chi connectivity index (χ0v) is 16.1. The molecule has 0 fully saturated rings. The van der Waals surface area contributed by atoms with Crippen LogP contribution in [0.4, 0.5) is 0 Å². The Morgan fingerprint density at radius 1 is 1.08 bits per heavy atom. The third-order valence-electron chi connectivity index (χ3n) is 3.52. The third-order valence-corrected chi connectivity index (χ3v) is 4.01. The molecule has 0 heterocycles. The van der Waals surface area contributed by atoms with Crippen molar-refractivity contribution in [2.45, 2.75) is 39.5 Å². The van der Waals surface area contributed by atoms with Crippen molar-refractivity contribution in [3.8, 4) is 11.5 Å². The van der Waals surface area contributed by atoms with E-state index in [0.29, 0.717) is 17.9 Å². The average Bonchev–Trinajstić information content (AvgIpc) is 2.54. The Morgan fingerprint density at radius 2 is 1.75 bits per heavy atom. The smallest absolute Gasteiger partial charge is 0.343 e. The number of benzene rings is 2. The van der Waals surface area contributed by atoms with Gasteiger partial charge in [-0.15, -0.1) is 0 Å². The highest BCUT2D eigenvalue weighted by Gasteiger charge is 2.21. The summed E-state index contributed by atoms with van der Waals surface area (Å²) >= 11 is 3.47. The quantitative estimate of drug-likeness (QED) is 0.481. The van der Waals surface area contributed by atoms with Gasteiger partial charge in [0.05, 0.1) is 12.2 Å². The fourth-order valence-electron chi connectivity index (χ4n) is 2.24. The Bertz CT molecular complexity index is 700. The molecule has 2 aromatic carbocycles. The molecule has 0 aliphatic carbocycles. The second-order valence-electron chi connectivity index (χ2n) is 6.65. The first-order valence-electron chi connectivity index (χ1n) is 8.06. The molecule has 0 N–H and O–H groups in total. The molecule has 0 unspecified atom stereocenters. The summed E-state index contributed by atoms with van der Waals surface area (Å²) in [4.78, 5) is 12.4. The van der Waals surface area contributed by atoms with Crippen LogP contribution in [-0.4, -0.2) is 12.6 Å². The van der Waals surface area contributed by atoms with Gasteiger partial charge in [-0.1, -0.05) is 43.6 Å². The number of hydrogen-bond donors (Lipinski definition) is 0. The lowest BCUT2D eigenvalue weighted by Crippen LogP contribution is -2.16. The highest BCUT2D eigenvalue weighted by atomic mass is 79.9. The van der Waals surface area contributed by atoms with Gasteiger partial charge < -0.3 is 9.47 Å². The lowest BCUT2D eigenvalue weighted by Gasteiger charge is -2.22. The van der Waals surface area contributed by atoms with Gasteiger partial charge in [-0.3, -0.25) is 0 Å². The van der Waals surface area contributed by atoms with Gasteiger partial charge >= 0.3 is 5.97 Å². The lowest BCUT2D eigenvalue weighted by molar-refractivity contribution is 0.0732. The summed E-state index contributed by atoms with van der Waals surface area (Å²) in [6.07, 6.45) is 0.947. The Balaban J connectivity index is 2.18. The number of carbonyl (C=O) groups excluding carboxylic acids is 1. The number of halogens is 1. The second kappa shape index (κ2) is 7.84. The minimum absolute atomic E-state index is 0.128. The van der Waals surface area contributed by atoms with Gasteiger partial charge in [0.1, 0.15) is 11.5 Å². The van der Waals surface area contributed by atoms with E-state index in [1.807, 2.05) is 18.2 Å². The van der Waals surface area contributed by atoms with E-state index in [1.54, 1.807) is 24.3 Å². The minimum atomic E-state index is -0.370. The van der Waals surface area contributed by atoms with Crippen molar-refractivity contribution in [2.75, 3.05) is 6.61 Å². The largest absolute Gasteiger partial charge is 0.494 e. The zero-order chi connectivity index (χ0) is 17.7. The second-order valence-corrected chi connectivity index (χ2v) is 7.57. The summed E-state index contributed by atoms with van der Waals surface area (Å²) in [6, 6.07) is 12.7. The molecule has 0 spiro atoms. The van der Waals surface area contributed by atoms with E-state index in [-0.39, 0.29) is 11.4 Å². The van der Waals surface area contributed by atoms with Gasteiger partial charge in [-0.2, -0.15) is 0 Å². The van der Waals surface area contributed by atoms with Gasteiger partial charge in [0.2, 0.25) is 0 Å². The molecule has 4 heteroatoms. The predicted molar refractivity (Wildman–Crippen MR) is 100 cm³/mol. The van der Waals surface area contributed by atoms with E-state index in [0.717, 1.165) is 22.2 Å². The molecule has 3 nitrogen and oxygen atoms in total. The van der Waals surface area contributed by atoms with Crippen molar-refractivity contribution in [3.63, 3.8) is 0 Å². The van der Waals surface area contributed by atoms with Crippen molar-refractivity contribution in [2.24, 2.45) is 0 Å². The summed E-state index contributed by atoms with van der Waals surface area (Å²) in [7, 11) is 0. The van der Waals surface area contributed by atoms with Crippen LogP contribution in [0.15, 0.2) is 46.9 Å². The lowest BCUT2D eigenvalue weighted by atomic mass is 9.86. The van der Waals surface area contributed by atoms with Crippen molar-refractivity contribution in [1.29, 1.82) is 0 Å². The maximum absolute atomic E-state index is 12.4. The number of hydrogen-bond acceptors (Lipinski definition) is 3.